The summed E-state index contributed by atoms with van der Waals surface area (Å²) in [6, 6.07) is 5.35. The van der Waals surface area contributed by atoms with Gasteiger partial charge >= 0.3 is 0 Å². The fourth-order valence-electron chi connectivity index (χ4n) is 1.56. The molecular weight excluding hydrogens is 221 g/mol. The van der Waals surface area contributed by atoms with E-state index < -0.39 is 5.60 Å². The minimum absolute atomic E-state index is 0.579. The molecular formula is C10H11Cl2NO. The molecule has 1 aromatic rings. The molecule has 1 aromatic carbocycles. The monoisotopic (exact) mass is 231 g/mol. The lowest BCUT2D eigenvalue weighted by Crippen LogP contribution is -2.60. The lowest BCUT2D eigenvalue weighted by molar-refractivity contribution is -0.00900. The van der Waals surface area contributed by atoms with E-state index in [0.29, 0.717) is 29.6 Å². The van der Waals surface area contributed by atoms with Crippen molar-refractivity contribution >= 4 is 23.2 Å². The summed E-state index contributed by atoms with van der Waals surface area (Å²) in [6.45, 7) is 1.26. The highest BCUT2D eigenvalue weighted by atomic mass is 35.5. The molecule has 1 fully saturated rings. The third-order valence-electron chi connectivity index (χ3n) is 2.44. The molecule has 0 amide bonds. The van der Waals surface area contributed by atoms with Crippen LogP contribution >= 0.6 is 23.2 Å². The Labute approximate surface area is 92.8 Å². The van der Waals surface area contributed by atoms with E-state index in [1.165, 1.54) is 0 Å². The van der Waals surface area contributed by atoms with Gasteiger partial charge in [0.05, 0.1) is 5.60 Å². The molecule has 1 heterocycles. The van der Waals surface area contributed by atoms with E-state index in [0.717, 1.165) is 5.56 Å². The van der Waals surface area contributed by atoms with Gasteiger partial charge in [-0.25, -0.2) is 0 Å². The number of aliphatic hydroxyl groups is 1. The first-order chi connectivity index (χ1) is 6.59. The van der Waals surface area contributed by atoms with Crippen LogP contribution in [-0.4, -0.2) is 23.8 Å². The van der Waals surface area contributed by atoms with E-state index in [9.17, 15) is 5.11 Å². The smallest absolute Gasteiger partial charge is 0.0935 e. The van der Waals surface area contributed by atoms with Crippen molar-refractivity contribution in [3.63, 3.8) is 0 Å². The second-order valence-corrected chi connectivity index (χ2v) is 4.58. The molecule has 4 heteroatoms. The Bertz CT molecular complexity index is 350. The van der Waals surface area contributed by atoms with Gasteiger partial charge in [-0.2, -0.15) is 0 Å². The Morgan fingerprint density at radius 2 is 2.07 bits per heavy atom. The maximum absolute atomic E-state index is 9.90. The molecule has 0 saturated carbocycles. The summed E-state index contributed by atoms with van der Waals surface area (Å²) in [5.74, 6) is 0. The lowest BCUT2D eigenvalue weighted by Gasteiger charge is -2.37. The van der Waals surface area contributed by atoms with Crippen LogP contribution in [0, 0.1) is 0 Å². The molecule has 0 aliphatic carbocycles. The predicted molar refractivity (Wildman–Crippen MR) is 58.0 cm³/mol. The van der Waals surface area contributed by atoms with Gasteiger partial charge in [-0.3, -0.25) is 0 Å². The van der Waals surface area contributed by atoms with Crippen molar-refractivity contribution in [2.75, 3.05) is 13.1 Å². The maximum atomic E-state index is 9.90. The Hall–Kier alpha value is -0.280. The molecule has 0 radical (unpaired) electrons. The third-order valence-corrected chi connectivity index (χ3v) is 3.03. The molecule has 2 rings (SSSR count). The Morgan fingerprint density at radius 3 is 2.57 bits per heavy atom. The number of rotatable bonds is 2. The number of hydrogen-bond acceptors (Lipinski definition) is 2. The highest BCUT2D eigenvalue weighted by Crippen LogP contribution is 2.26. The number of hydrogen-bond donors (Lipinski definition) is 2. The van der Waals surface area contributed by atoms with Crippen LogP contribution in [0.1, 0.15) is 5.56 Å². The van der Waals surface area contributed by atoms with Gasteiger partial charge in [0.15, 0.2) is 0 Å². The topological polar surface area (TPSA) is 32.3 Å². The third kappa shape index (κ3) is 2.04. The van der Waals surface area contributed by atoms with Gasteiger partial charge in [-0.05, 0) is 17.7 Å². The highest BCUT2D eigenvalue weighted by molar-refractivity contribution is 6.35. The summed E-state index contributed by atoms with van der Waals surface area (Å²) < 4.78 is 0. The minimum Gasteiger partial charge on any atom is -0.387 e. The standard InChI is InChI=1S/C10H11Cl2NO/c11-8-2-1-7(9(12)3-8)4-10(14)5-13-6-10/h1-3,13-14H,4-6H2. The van der Waals surface area contributed by atoms with Crippen LogP contribution in [0.5, 0.6) is 0 Å². The molecule has 0 unspecified atom stereocenters. The fraction of sp³-hybridized carbons (Fsp3) is 0.400. The van der Waals surface area contributed by atoms with Crippen molar-refractivity contribution in [1.82, 2.24) is 5.32 Å². The first kappa shape index (κ1) is 10.2. The molecule has 1 aliphatic rings. The Morgan fingerprint density at radius 1 is 1.36 bits per heavy atom. The van der Waals surface area contributed by atoms with Gasteiger partial charge in [0.2, 0.25) is 0 Å². The number of benzene rings is 1. The molecule has 0 spiro atoms. The van der Waals surface area contributed by atoms with Crippen molar-refractivity contribution in [3.05, 3.63) is 33.8 Å². The number of halogens is 2. The Balaban J connectivity index is 2.16. The van der Waals surface area contributed by atoms with Gasteiger partial charge in [-0.1, -0.05) is 29.3 Å². The number of β-amino-alcohol motifs (C(OH)–C–C–N with tert-alkyl or cyclic N) is 1. The quantitative estimate of drug-likeness (QED) is 0.815. The summed E-state index contributed by atoms with van der Waals surface area (Å²) in [7, 11) is 0. The van der Waals surface area contributed by atoms with Crippen molar-refractivity contribution in [2.24, 2.45) is 0 Å². The summed E-state index contributed by atoms with van der Waals surface area (Å²) in [4.78, 5) is 0. The van der Waals surface area contributed by atoms with Crippen LogP contribution in [0.15, 0.2) is 18.2 Å². The predicted octanol–water partition coefficient (Wildman–Crippen LogP) is 1.87. The minimum atomic E-state index is -0.628. The van der Waals surface area contributed by atoms with E-state index in [4.69, 9.17) is 23.2 Å². The van der Waals surface area contributed by atoms with Crippen LogP contribution in [-0.2, 0) is 6.42 Å². The van der Waals surface area contributed by atoms with E-state index in [1.54, 1.807) is 12.1 Å². The molecule has 2 N–H and O–H groups in total. The van der Waals surface area contributed by atoms with Gasteiger partial charge < -0.3 is 10.4 Å². The Kier molecular flexibility index (Phi) is 2.71. The van der Waals surface area contributed by atoms with E-state index >= 15 is 0 Å². The summed E-state index contributed by atoms with van der Waals surface area (Å²) in [6.07, 6.45) is 0.579. The first-order valence-electron chi connectivity index (χ1n) is 4.46. The zero-order valence-electron chi connectivity index (χ0n) is 7.56. The highest BCUT2D eigenvalue weighted by Gasteiger charge is 2.34. The fourth-order valence-corrected chi connectivity index (χ4v) is 2.03. The molecule has 2 nitrogen and oxygen atoms in total. The van der Waals surface area contributed by atoms with Crippen molar-refractivity contribution in [3.8, 4) is 0 Å². The summed E-state index contributed by atoms with van der Waals surface area (Å²) >= 11 is 11.8. The van der Waals surface area contributed by atoms with Gasteiger partial charge in [0, 0.05) is 29.6 Å². The molecule has 0 aromatic heterocycles. The average Bonchev–Trinajstić information content (AvgIpc) is 2.07. The molecule has 1 saturated heterocycles. The zero-order chi connectivity index (χ0) is 10.2. The van der Waals surface area contributed by atoms with Crippen molar-refractivity contribution < 1.29 is 5.11 Å². The van der Waals surface area contributed by atoms with Gasteiger partial charge in [0.25, 0.3) is 0 Å². The van der Waals surface area contributed by atoms with E-state index in [2.05, 4.69) is 5.32 Å². The second kappa shape index (κ2) is 3.70. The van der Waals surface area contributed by atoms with Gasteiger partial charge in [-0.15, -0.1) is 0 Å². The van der Waals surface area contributed by atoms with Crippen LogP contribution in [0.4, 0.5) is 0 Å². The van der Waals surface area contributed by atoms with Gasteiger partial charge in [0.1, 0.15) is 0 Å². The molecule has 1 aliphatic heterocycles. The normalized spacial score (nSPS) is 19.1. The van der Waals surface area contributed by atoms with Crippen LogP contribution in [0.2, 0.25) is 10.0 Å². The van der Waals surface area contributed by atoms with Crippen LogP contribution in [0.3, 0.4) is 0 Å². The van der Waals surface area contributed by atoms with Crippen molar-refractivity contribution in [1.29, 1.82) is 0 Å². The molecule has 14 heavy (non-hydrogen) atoms. The lowest BCUT2D eigenvalue weighted by atomic mass is 9.89. The summed E-state index contributed by atoms with van der Waals surface area (Å²) in [5, 5.41) is 14.2. The van der Waals surface area contributed by atoms with Crippen LogP contribution < -0.4 is 5.32 Å². The SMILES string of the molecule is OC1(Cc2ccc(Cl)cc2Cl)CNC1. The second-order valence-electron chi connectivity index (χ2n) is 3.74. The van der Waals surface area contributed by atoms with E-state index in [-0.39, 0.29) is 0 Å². The largest absolute Gasteiger partial charge is 0.387 e. The van der Waals surface area contributed by atoms with Crippen LogP contribution in [0.25, 0.3) is 0 Å². The molecule has 76 valence electrons. The average molecular weight is 232 g/mol. The maximum Gasteiger partial charge on any atom is 0.0935 e. The first-order valence-corrected chi connectivity index (χ1v) is 5.22. The van der Waals surface area contributed by atoms with E-state index in [1.807, 2.05) is 6.07 Å². The molecule has 0 atom stereocenters. The zero-order valence-corrected chi connectivity index (χ0v) is 9.07. The molecule has 0 bridgehead atoms. The van der Waals surface area contributed by atoms with Crippen molar-refractivity contribution in [2.45, 2.75) is 12.0 Å². The summed E-state index contributed by atoms with van der Waals surface area (Å²) in [5.41, 5.74) is 0.317. The number of nitrogens with one attached hydrogen (secondary N) is 1.